The average Bonchev–Trinajstić information content (AvgIpc) is 2.98. The van der Waals surface area contributed by atoms with Crippen LogP contribution < -0.4 is 15.5 Å². The number of carbonyl (C=O) groups excluding carboxylic acids is 1. The number of aliphatic carboxylic acids is 1. The van der Waals surface area contributed by atoms with Gasteiger partial charge in [-0.15, -0.1) is 0 Å². The number of carbonyl (C=O) groups is 2. The number of para-hydroxylation sites is 1. The van der Waals surface area contributed by atoms with Crippen molar-refractivity contribution in [1.82, 2.24) is 5.32 Å². The van der Waals surface area contributed by atoms with E-state index in [9.17, 15) is 14.7 Å². The average molecular weight is 478 g/mol. The monoisotopic (exact) mass is 477 g/mol. The molecule has 188 valence electrons. The Morgan fingerprint density at radius 2 is 1.80 bits per heavy atom. The number of anilines is 2. The summed E-state index contributed by atoms with van der Waals surface area (Å²) in [7, 11) is 4.03. The first-order valence-electron chi connectivity index (χ1n) is 13.0. The van der Waals surface area contributed by atoms with Gasteiger partial charge < -0.3 is 15.3 Å². The molecule has 35 heavy (non-hydrogen) atoms. The lowest BCUT2D eigenvalue weighted by Crippen LogP contribution is -2.52. The van der Waals surface area contributed by atoms with Gasteiger partial charge >= 0.3 is 5.97 Å². The van der Waals surface area contributed by atoms with Crippen molar-refractivity contribution < 1.29 is 14.7 Å². The van der Waals surface area contributed by atoms with Crippen LogP contribution in [-0.2, 0) is 22.4 Å². The molecule has 0 aromatic heterocycles. The maximum absolute atomic E-state index is 13.4. The fraction of sp³-hybridized carbons (Fsp3) is 0.517. The second-order valence-electron chi connectivity index (χ2n) is 10.5. The van der Waals surface area contributed by atoms with Gasteiger partial charge in [0.2, 0.25) is 5.91 Å². The third-order valence-corrected chi connectivity index (χ3v) is 7.73. The second-order valence-corrected chi connectivity index (χ2v) is 10.5. The predicted molar refractivity (Wildman–Crippen MR) is 141 cm³/mol. The number of hydrogen-bond acceptors (Lipinski definition) is 4. The number of fused-ring (bicyclic) bond motifs is 1. The quantitative estimate of drug-likeness (QED) is 0.480. The van der Waals surface area contributed by atoms with E-state index in [1.54, 1.807) is 0 Å². The molecule has 0 saturated heterocycles. The number of rotatable bonds is 9. The molecule has 0 radical (unpaired) electrons. The minimum absolute atomic E-state index is 0.0552. The summed E-state index contributed by atoms with van der Waals surface area (Å²) in [6, 6.07) is 15.0. The van der Waals surface area contributed by atoms with Crippen molar-refractivity contribution in [3.05, 3.63) is 59.7 Å². The number of amides is 1. The molecule has 1 saturated carbocycles. The van der Waals surface area contributed by atoms with E-state index >= 15 is 0 Å². The van der Waals surface area contributed by atoms with Crippen LogP contribution >= 0.6 is 0 Å². The van der Waals surface area contributed by atoms with Crippen molar-refractivity contribution in [2.45, 2.75) is 69.9 Å². The molecule has 4 rings (SSSR count). The van der Waals surface area contributed by atoms with E-state index in [1.807, 2.05) is 32.3 Å². The van der Waals surface area contributed by atoms with Crippen molar-refractivity contribution in [3.63, 3.8) is 0 Å². The van der Waals surface area contributed by atoms with E-state index in [1.165, 1.54) is 32.1 Å². The standard InChI is InChI=1S/C29H39N3O3/c1-32(2)24-15-12-21(13-16-24)18-23-19-22-10-6-7-11-25(22)31-28(33)27(23)30-26(29(34)35)17-14-20-8-4-3-5-9-20/h6-7,10-13,15-16,20,23,26-27,30H,3-5,8-9,14,17-19H2,1-2H3,(H,31,33)(H,34,35)/t23?,26-,27?/m0/s1. The molecule has 1 fully saturated rings. The molecular weight excluding hydrogens is 438 g/mol. The van der Waals surface area contributed by atoms with Crippen LogP contribution in [0.2, 0.25) is 0 Å². The van der Waals surface area contributed by atoms with Crippen LogP contribution in [0.1, 0.15) is 56.1 Å². The largest absolute Gasteiger partial charge is 0.480 e. The van der Waals surface area contributed by atoms with Gasteiger partial charge in [0.25, 0.3) is 0 Å². The van der Waals surface area contributed by atoms with Crippen LogP contribution in [0.15, 0.2) is 48.5 Å². The highest BCUT2D eigenvalue weighted by Crippen LogP contribution is 2.30. The van der Waals surface area contributed by atoms with Gasteiger partial charge in [-0.2, -0.15) is 0 Å². The molecule has 6 heteroatoms. The van der Waals surface area contributed by atoms with E-state index in [0.717, 1.165) is 28.9 Å². The molecule has 6 nitrogen and oxygen atoms in total. The van der Waals surface area contributed by atoms with Gasteiger partial charge in [-0.25, -0.2) is 0 Å². The summed E-state index contributed by atoms with van der Waals surface area (Å²) in [6.07, 6.45) is 9.02. The van der Waals surface area contributed by atoms with Crippen molar-refractivity contribution >= 4 is 23.3 Å². The Bertz CT molecular complexity index is 998. The van der Waals surface area contributed by atoms with Crippen LogP contribution in [0.3, 0.4) is 0 Å². The lowest BCUT2D eigenvalue weighted by Gasteiger charge is -2.29. The van der Waals surface area contributed by atoms with Gasteiger partial charge in [0, 0.05) is 25.5 Å². The van der Waals surface area contributed by atoms with Crippen molar-refractivity contribution in [2.75, 3.05) is 24.3 Å². The topological polar surface area (TPSA) is 81.7 Å². The lowest BCUT2D eigenvalue weighted by atomic mass is 9.84. The predicted octanol–water partition coefficient (Wildman–Crippen LogP) is 4.88. The summed E-state index contributed by atoms with van der Waals surface area (Å²) in [5.74, 6) is -0.468. The highest BCUT2D eigenvalue weighted by Gasteiger charge is 2.35. The second kappa shape index (κ2) is 11.7. The highest BCUT2D eigenvalue weighted by molar-refractivity contribution is 5.97. The molecule has 1 amide bonds. The molecule has 3 atom stereocenters. The van der Waals surface area contributed by atoms with Crippen LogP contribution in [0.25, 0.3) is 0 Å². The van der Waals surface area contributed by atoms with Gasteiger partial charge in [0.1, 0.15) is 6.04 Å². The Balaban J connectivity index is 1.54. The third kappa shape index (κ3) is 6.63. The van der Waals surface area contributed by atoms with E-state index in [2.05, 4.69) is 45.9 Å². The minimum atomic E-state index is -0.871. The zero-order valence-corrected chi connectivity index (χ0v) is 21.0. The Kier molecular flexibility index (Phi) is 8.45. The molecule has 0 bridgehead atoms. The SMILES string of the molecule is CN(C)c1ccc(CC2Cc3ccccc3NC(=O)C2N[C@@H](CCC2CCCCC2)C(=O)O)cc1. The minimum Gasteiger partial charge on any atom is -0.480 e. The zero-order valence-electron chi connectivity index (χ0n) is 21.0. The summed E-state index contributed by atoms with van der Waals surface area (Å²) < 4.78 is 0. The molecular formula is C29H39N3O3. The number of benzene rings is 2. The van der Waals surface area contributed by atoms with Gasteiger partial charge in [-0.3, -0.25) is 14.9 Å². The fourth-order valence-corrected chi connectivity index (χ4v) is 5.65. The van der Waals surface area contributed by atoms with Crippen LogP contribution in [0.5, 0.6) is 0 Å². The zero-order chi connectivity index (χ0) is 24.8. The van der Waals surface area contributed by atoms with E-state index in [0.29, 0.717) is 25.2 Å². The van der Waals surface area contributed by atoms with Crippen LogP contribution in [0, 0.1) is 11.8 Å². The highest BCUT2D eigenvalue weighted by atomic mass is 16.4. The molecule has 1 aliphatic heterocycles. The van der Waals surface area contributed by atoms with Gasteiger partial charge in [-0.1, -0.05) is 62.4 Å². The van der Waals surface area contributed by atoms with Crippen LogP contribution in [0.4, 0.5) is 11.4 Å². The smallest absolute Gasteiger partial charge is 0.320 e. The normalized spacial score (nSPS) is 21.5. The molecule has 2 aromatic rings. The lowest BCUT2D eigenvalue weighted by molar-refractivity contribution is -0.140. The molecule has 2 unspecified atom stereocenters. The van der Waals surface area contributed by atoms with Crippen molar-refractivity contribution in [2.24, 2.45) is 11.8 Å². The van der Waals surface area contributed by atoms with Crippen molar-refractivity contribution in [3.8, 4) is 0 Å². The molecule has 0 spiro atoms. The molecule has 3 N–H and O–H groups in total. The molecule has 2 aromatic carbocycles. The van der Waals surface area contributed by atoms with E-state index in [4.69, 9.17) is 0 Å². The Morgan fingerprint density at radius 3 is 2.49 bits per heavy atom. The first-order chi connectivity index (χ1) is 16.9. The summed E-state index contributed by atoms with van der Waals surface area (Å²) in [6.45, 7) is 0. The maximum Gasteiger partial charge on any atom is 0.320 e. The number of hydrogen-bond donors (Lipinski definition) is 3. The van der Waals surface area contributed by atoms with E-state index < -0.39 is 18.1 Å². The summed E-state index contributed by atoms with van der Waals surface area (Å²) in [5, 5.41) is 16.4. The summed E-state index contributed by atoms with van der Waals surface area (Å²) in [4.78, 5) is 27.7. The number of nitrogens with zero attached hydrogens (tertiary/aromatic N) is 1. The Hall–Kier alpha value is -2.86. The van der Waals surface area contributed by atoms with Gasteiger partial charge in [0.05, 0.1) is 6.04 Å². The summed E-state index contributed by atoms with van der Waals surface area (Å²) in [5.41, 5.74) is 4.19. The fourth-order valence-electron chi connectivity index (χ4n) is 5.65. The van der Waals surface area contributed by atoms with Gasteiger partial charge in [0.15, 0.2) is 0 Å². The van der Waals surface area contributed by atoms with Crippen molar-refractivity contribution in [1.29, 1.82) is 0 Å². The maximum atomic E-state index is 13.4. The number of nitrogens with one attached hydrogen (secondary N) is 2. The Labute approximate surface area is 209 Å². The number of carboxylic acid groups (broad SMARTS) is 1. The molecule has 1 heterocycles. The first-order valence-corrected chi connectivity index (χ1v) is 13.0. The third-order valence-electron chi connectivity index (χ3n) is 7.73. The Morgan fingerprint density at radius 1 is 1.09 bits per heavy atom. The first kappa shape index (κ1) is 25.2. The summed E-state index contributed by atoms with van der Waals surface area (Å²) >= 11 is 0. The molecule has 2 aliphatic rings. The van der Waals surface area contributed by atoms with Crippen LogP contribution in [-0.4, -0.2) is 43.2 Å². The molecule has 1 aliphatic carbocycles. The number of carboxylic acids is 1. The van der Waals surface area contributed by atoms with E-state index in [-0.39, 0.29) is 11.8 Å². The van der Waals surface area contributed by atoms with Gasteiger partial charge in [-0.05, 0) is 66.8 Å².